The Morgan fingerprint density at radius 1 is 0.478 bits per heavy atom. The molecule has 1 heterocycles. The van der Waals surface area contributed by atoms with E-state index in [9.17, 15) is 0 Å². The molecule has 0 N–H and O–H groups in total. The minimum atomic E-state index is -0.622. The lowest BCUT2D eigenvalue weighted by molar-refractivity contribution is 0.480. The van der Waals surface area contributed by atoms with E-state index in [2.05, 4.69) is 235 Å². The predicted octanol–water partition coefficient (Wildman–Crippen LogP) is 18.6. The third kappa shape index (κ3) is 6.67. The molecule has 0 bridgehead atoms. The maximum absolute atomic E-state index is 7.32. The van der Waals surface area contributed by atoms with Crippen molar-refractivity contribution in [3.05, 3.63) is 227 Å². The number of para-hydroxylation sites is 1. The molecule has 0 aliphatic heterocycles. The molecule has 1 unspecified atom stereocenters. The van der Waals surface area contributed by atoms with Crippen LogP contribution in [0.4, 0.5) is 17.1 Å². The normalized spacial score (nSPS) is 16.0. The van der Waals surface area contributed by atoms with Crippen LogP contribution in [0.15, 0.2) is 204 Å². The van der Waals surface area contributed by atoms with Crippen molar-refractivity contribution in [2.45, 2.75) is 79.1 Å². The van der Waals surface area contributed by atoms with Crippen LogP contribution in [0.1, 0.15) is 96.0 Å². The van der Waals surface area contributed by atoms with Crippen LogP contribution >= 0.6 is 0 Å². The summed E-state index contributed by atoms with van der Waals surface area (Å²) in [6.45, 7) is 18.2. The quantitative estimate of drug-likeness (QED) is 0.171. The summed E-state index contributed by atoms with van der Waals surface area (Å²) in [5.74, 6) is 0. The van der Waals surface area contributed by atoms with Crippen molar-refractivity contribution in [2.75, 3.05) is 4.90 Å². The Morgan fingerprint density at radius 3 is 1.66 bits per heavy atom. The maximum atomic E-state index is 7.32. The number of rotatable bonds is 5. The Labute approximate surface area is 397 Å². The highest BCUT2D eigenvalue weighted by Gasteiger charge is 2.56. The van der Waals surface area contributed by atoms with Crippen LogP contribution in [-0.4, -0.2) is 0 Å². The summed E-state index contributed by atoms with van der Waals surface area (Å²) in [5.41, 5.74) is 22.8. The number of allylic oxidation sites excluding steroid dienone is 4. The fourth-order valence-electron chi connectivity index (χ4n) is 11.3. The average Bonchev–Trinajstić information content (AvgIpc) is 3.98. The van der Waals surface area contributed by atoms with Gasteiger partial charge in [-0.2, -0.15) is 0 Å². The smallest absolute Gasteiger partial charge is 0.159 e. The van der Waals surface area contributed by atoms with Gasteiger partial charge in [0.05, 0.1) is 11.1 Å². The molecule has 8 aromatic carbocycles. The van der Waals surface area contributed by atoms with Gasteiger partial charge in [-0.15, -0.1) is 0 Å². The molecule has 1 atom stereocenters. The van der Waals surface area contributed by atoms with Crippen LogP contribution < -0.4 is 4.90 Å². The number of hydrogen-bond donors (Lipinski definition) is 0. The summed E-state index contributed by atoms with van der Waals surface area (Å²) in [4.78, 5) is 2.52. The molecular weight excluding hydrogens is 811 g/mol. The van der Waals surface area contributed by atoms with E-state index < -0.39 is 5.41 Å². The molecule has 330 valence electrons. The Hall–Kier alpha value is -7.16. The molecule has 1 aromatic heterocycles. The van der Waals surface area contributed by atoms with Crippen molar-refractivity contribution in [3.8, 4) is 33.4 Å². The van der Waals surface area contributed by atoms with Gasteiger partial charge in [-0.25, -0.2) is 0 Å². The molecule has 2 heteroatoms. The maximum Gasteiger partial charge on any atom is 0.159 e. The molecule has 12 rings (SSSR count). The Kier molecular flexibility index (Phi) is 10.2. The summed E-state index contributed by atoms with van der Waals surface area (Å²) in [6, 6.07) is 67.5. The van der Waals surface area contributed by atoms with E-state index in [0.717, 1.165) is 51.8 Å². The summed E-state index contributed by atoms with van der Waals surface area (Å²) < 4.78 is 7.32. The Balaban J connectivity index is 0.00000244. The standard InChI is InChI=1S/C63H53NO.C2H6/c1-61(2,3)44-29-35-49-50-36-30-45(62(4,5)6)38-56(50)63(55(49)37-44)54-23-15-13-21-48(54)52-39-53-51-22-14-16-24-57(51)65-60(53)59(58(52)63)64(46-31-25-42(26-32-46)40-17-9-7-10-18-40)47-33-27-43(28-34-47)41-19-11-8-12-20-41;1-2/h7-29,31-35,37-39H,30,36H2,1-6H3;1-2H3. The first-order valence-electron chi connectivity index (χ1n) is 24.3. The zero-order chi connectivity index (χ0) is 46.2. The van der Waals surface area contributed by atoms with E-state index in [4.69, 9.17) is 4.42 Å². The van der Waals surface area contributed by atoms with Gasteiger partial charge in [-0.05, 0) is 127 Å². The second-order valence-electron chi connectivity index (χ2n) is 20.4. The Morgan fingerprint density at radius 2 is 1.04 bits per heavy atom. The third-order valence-electron chi connectivity index (χ3n) is 14.6. The predicted molar refractivity (Wildman–Crippen MR) is 285 cm³/mol. The van der Waals surface area contributed by atoms with Gasteiger partial charge in [-0.1, -0.05) is 213 Å². The van der Waals surface area contributed by atoms with Gasteiger partial charge in [0, 0.05) is 27.7 Å². The number of nitrogens with zero attached hydrogens (tertiary/aromatic N) is 1. The summed E-state index contributed by atoms with van der Waals surface area (Å²) >= 11 is 0. The zero-order valence-electron chi connectivity index (χ0n) is 40.2. The molecule has 0 amide bonds. The molecule has 3 aliphatic rings. The number of anilines is 3. The fraction of sp³-hybridized carbons (Fsp3) is 0.200. The fourth-order valence-corrected chi connectivity index (χ4v) is 11.3. The lowest BCUT2D eigenvalue weighted by Gasteiger charge is -2.38. The van der Waals surface area contributed by atoms with Gasteiger partial charge < -0.3 is 9.32 Å². The SMILES string of the molecule is CC.CC(C)(C)C1=CC2=C(CC1)c1ccc(C(C)(C)C)cc1C21c2ccccc2-c2cc3c(oc4ccccc43)c(N(c3ccc(-c4ccccc4)cc3)c3ccc(-c4ccccc4)cc3)c21. The molecule has 1 spiro atoms. The molecule has 0 saturated carbocycles. The minimum Gasteiger partial charge on any atom is -0.454 e. The Bertz CT molecular complexity index is 3320. The van der Waals surface area contributed by atoms with E-state index in [1.54, 1.807) is 0 Å². The monoisotopic (exact) mass is 869 g/mol. The van der Waals surface area contributed by atoms with E-state index in [1.165, 1.54) is 77.9 Å². The van der Waals surface area contributed by atoms with Gasteiger partial charge >= 0.3 is 0 Å². The summed E-state index contributed by atoms with van der Waals surface area (Å²) in [7, 11) is 0. The minimum absolute atomic E-state index is 0.0184. The molecule has 0 fully saturated rings. The van der Waals surface area contributed by atoms with E-state index in [-0.39, 0.29) is 10.8 Å². The van der Waals surface area contributed by atoms with E-state index >= 15 is 0 Å². The second-order valence-corrected chi connectivity index (χ2v) is 20.4. The molecule has 67 heavy (non-hydrogen) atoms. The van der Waals surface area contributed by atoms with Crippen LogP contribution in [0.25, 0.3) is 60.9 Å². The van der Waals surface area contributed by atoms with E-state index in [1.807, 2.05) is 13.8 Å². The first-order chi connectivity index (χ1) is 32.5. The first kappa shape index (κ1) is 42.5. The lowest BCUT2D eigenvalue weighted by atomic mass is 9.66. The largest absolute Gasteiger partial charge is 0.454 e. The highest BCUT2D eigenvalue weighted by Crippen LogP contribution is 2.68. The van der Waals surface area contributed by atoms with Crippen LogP contribution in [0.2, 0.25) is 0 Å². The number of fused-ring (bicyclic) bond motifs is 12. The van der Waals surface area contributed by atoms with Crippen molar-refractivity contribution in [1.82, 2.24) is 0 Å². The number of hydrogen-bond acceptors (Lipinski definition) is 2. The molecule has 2 nitrogen and oxygen atoms in total. The van der Waals surface area contributed by atoms with Crippen LogP contribution in [0.3, 0.4) is 0 Å². The molecule has 0 saturated heterocycles. The topological polar surface area (TPSA) is 16.4 Å². The summed E-state index contributed by atoms with van der Waals surface area (Å²) in [5, 5.41) is 2.25. The molecular formula is C65H59NO. The van der Waals surface area contributed by atoms with Crippen molar-refractivity contribution in [2.24, 2.45) is 5.41 Å². The van der Waals surface area contributed by atoms with Crippen molar-refractivity contribution in [1.29, 1.82) is 0 Å². The van der Waals surface area contributed by atoms with Gasteiger partial charge in [0.1, 0.15) is 5.58 Å². The second kappa shape index (κ2) is 16.0. The van der Waals surface area contributed by atoms with Crippen molar-refractivity contribution in [3.63, 3.8) is 0 Å². The van der Waals surface area contributed by atoms with Crippen molar-refractivity contribution >= 4 is 44.6 Å². The number of benzene rings is 8. The third-order valence-corrected chi connectivity index (χ3v) is 14.6. The lowest BCUT2D eigenvalue weighted by Crippen LogP contribution is -2.30. The molecule has 3 aliphatic carbocycles. The van der Waals surface area contributed by atoms with Gasteiger partial charge in [0.15, 0.2) is 5.58 Å². The van der Waals surface area contributed by atoms with E-state index in [0.29, 0.717) is 0 Å². The molecule has 9 aromatic rings. The average molecular weight is 870 g/mol. The summed E-state index contributed by atoms with van der Waals surface area (Å²) in [6.07, 6.45) is 4.69. The molecule has 0 radical (unpaired) electrons. The van der Waals surface area contributed by atoms with Gasteiger partial charge in [0.25, 0.3) is 0 Å². The highest BCUT2D eigenvalue weighted by atomic mass is 16.3. The zero-order valence-corrected chi connectivity index (χ0v) is 40.2. The first-order valence-corrected chi connectivity index (χ1v) is 24.3. The van der Waals surface area contributed by atoms with Gasteiger partial charge in [-0.3, -0.25) is 0 Å². The number of furan rings is 1. The van der Waals surface area contributed by atoms with Crippen LogP contribution in [0.5, 0.6) is 0 Å². The van der Waals surface area contributed by atoms with Crippen molar-refractivity contribution < 1.29 is 4.42 Å². The van der Waals surface area contributed by atoms with Gasteiger partial charge in [0.2, 0.25) is 0 Å². The highest BCUT2D eigenvalue weighted by molar-refractivity contribution is 6.16. The van der Waals surface area contributed by atoms with Crippen LogP contribution in [0, 0.1) is 5.41 Å². The van der Waals surface area contributed by atoms with Crippen LogP contribution in [-0.2, 0) is 10.8 Å².